The number of hydrogen-bond donors (Lipinski definition) is 1. The van der Waals surface area contributed by atoms with Crippen molar-refractivity contribution in [3.8, 4) is 5.69 Å². The molecule has 10 aromatic rings. The van der Waals surface area contributed by atoms with Gasteiger partial charge in [0.15, 0.2) is 0 Å². The smallest absolute Gasteiger partial charge is 0.207 e. The molecule has 0 spiro atoms. The SMILES string of the molecule is Bc1c(B)c(B)c2c(c1B)c1c(B)c(B)c(B)c(B)c1n2C(=C/Cc1ccccc1-n1c2c(B)c(B)c(B)c(B)c2c2c(B)c(B)c(B)c(B)c21)/N=C(\N)n1c2c(B)c(B)c(B)c(B)c2c2c(B)c(B)c(B)c(B)c21. The Morgan fingerprint density at radius 2 is 0.587 bits per heavy atom. The van der Waals surface area contributed by atoms with Crippen LogP contribution in [-0.2, 0) is 6.42 Å². The molecule has 0 aliphatic heterocycles. The number of para-hydroxylation sites is 1. The van der Waals surface area contributed by atoms with Gasteiger partial charge < -0.3 is 10.3 Å². The fourth-order valence-electron chi connectivity index (χ4n) is 13.8. The Morgan fingerprint density at radius 1 is 0.333 bits per heavy atom. The van der Waals surface area contributed by atoms with Gasteiger partial charge in [-0.3, -0.25) is 9.13 Å². The zero-order valence-corrected chi connectivity index (χ0v) is 50.0. The monoisotopic (exact) mass is 944 g/mol. The van der Waals surface area contributed by atoms with E-state index in [2.05, 4.69) is 232 Å². The summed E-state index contributed by atoms with van der Waals surface area (Å²) in [6.07, 6.45) is 3.00. The molecule has 0 saturated carbocycles. The first-order valence-electron chi connectivity index (χ1n) is 27.4. The van der Waals surface area contributed by atoms with Crippen LogP contribution in [0.2, 0.25) is 0 Å². The Labute approximate surface area is 466 Å². The van der Waals surface area contributed by atoms with Gasteiger partial charge in [-0.25, -0.2) is 0 Å². The van der Waals surface area contributed by atoms with E-state index >= 15 is 0 Å². The van der Waals surface area contributed by atoms with Gasteiger partial charge in [-0.2, -0.15) is 4.99 Å². The van der Waals surface area contributed by atoms with E-state index in [4.69, 9.17) is 10.7 Å². The van der Waals surface area contributed by atoms with Crippen molar-refractivity contribution in [3.05, 3.63) is 35.9 Å². The third kappa shape index (κ3) is 7.16. The minimum Gasteiger partial charge on any atom is -0.369 e. The first-order chi connectivity index (χ1) is 35.2. The van der Waals surface area contributed by atoms with Crippen molar-refractivity contribution in [3.63, 3.8) is 0 Å². The molecule has 0 atom stereocenters. The number of aromatic nitrogens is 3. The van der Waals surface area contributed by atoms with Gasteiger partial charge in [-0.05, 0) is 56.4 Å². The highest BCUT2D eigenvalue weighted by atomic mass is 15.2. The van der Waals surface area contributed by atoms with Gasteiger partial charge >= 0.3 is 0 Å². The van der Waals surface area contributed by atoms with E-state index in [0.29, 0.717) is 12.4 Å². The number of allylic oxidation sites excluding steroid dienone is 1. The first-order valence-corrected chi connectivity index (χ1v) is 27.4. The predicted octanol–water partition coefficient (Wildman–Crippen LogP) is -30.9. The third-order valence-electron chi connectivity index (χ3n) is 20.4. The molecule has 0 radical (unpaired) electrons. The molecule has 5 nitrogen and oxygen atoms in total. The summed E-state index contributed by atoms with van der Waals surface area (Å²) in [5.41, 5.74) is 49.2. The van der Waals surface area contributed by atoms with Crippen LogP contribution in [0.15, 0.2) is 35.3 Å². The van der Waals surface area contributed by atoms with Crippen LogP contribution in [0.25, 0.3) is 76.9 Å². The molecule has 0 amide bonds. The molecule has 0 aliphatic carbocycles. The lowest BCUT2D eigenvalue weighted by atomic mass is 9.63. The molecule has 75 heavy (non-hydrogen) atoms. The average molecular weight is 939 g/mol. The van der Waals surface area contributed by atoms with Gasteiger partial charge in [-0.15, -0.1) is 32.8 Å². The van der Waals surface area contributed by atoms with Crippen LogP contribution in [0.3, 0.4) is 0 Å². The highest BCUT2D eigenvalue weighted by Gasteiger charge is 2.29. The standard InChI is InChI=1S/C46H57B24N5/c47-16-10-11-17(48)23(54)29(60)35(66)41(11)73(40(10)34(65)28(59)22(16)53)8-4-2-1-3-7(8)5-6-9(74-42-12(18(49)24(55)30(61)36(42)67)13-19(50)25(56)31(62)37(68)43(13)74)72-46(71)75-44-14(20(51)26(57)32(63)38(44)69)15-21(52)27(58)33(64)39(70)45(15)75/h1-4,6H,5,47-70H2,(H2,71,72)/b9-6+. The van der Waals surface area contributed by atoms with E-state index in [1.807, 2.05) is 0 Å². The minimum atomic E-state index is 0.466. The van der Waals surface area contributed by atoms with Crippen molar-refractivity contribution in [1.82, 2.24) is 13.7 Å². The van der Waals surface area contributed by atoms with E-state index < -0.39 is 0 Å². The Kier molecular flexibility index (Phi) is 13.1. The lowest BCUT2D eigenvalue weighted by Crippen LogP contribution is -2.49. The number of rotatable bonds is 5. The summed E-state index contributed by atoms with van der Waals surface area (Å²) in [6.45, 7) is 0. The van der Waals surface area contributed by atoms with E-state index in [9.17, 15) is 0 Å². The van der Waals surface area contributed by atoms with Gasteiger partial charge in [0.05, 0.1) is 0 Å². The summed E-state index contributed by atoms with van der Waals surface area (Å²) in [5.74, 6) is 1.29. The molecule has 0 bridgehead atoms. The Morgan fingerprint density at radius 3 is 0.907 bits per heavy atom. The summed E-state index contributed by atoms with van der Waals surface area (Å²) in [4.78, 5) is 5.93. The van der Waals surface area contributed by atoms with Crippen LogP contribution in [0.4, 0.5) is 0 Å². The van der Waals surface area contributed by atoms with E-state index in [1.165, 1.54) is 197 Å². The van der Waals surface area contributed by atoms with Crippen LogP contribution >= 0.6 is 0 Å². The molecular weight excluding hydrogens is 882 g/mol. The normalized spacial score (nSPS) is 12.5. The number of aliphatic imine (C=N–C) groups is 1. The molecule has 29 heteroatoms. The maximum atomic E-state index is 7.89. The van der Waals surface area contributed by atoms with Crippen molar-refractivity contribution >= 4 is 397 Å². The molecule has 3 aromatic heterocycles. The van der Waals surface area contributed by atoms with Crippen LogP contribution in [0, 0.1) is 0 Å². The van der Waals surface area contributed by atoms with Gasteiger partial charge in [0.1, 0.15) is 194 Å². The summed E-state index contributed by atoms with van der Waals surface area (Å²) in [7, 11) is 55.2. The maximum absolute atomic E-state index is 7.89. The zero-order chi connectivity index (χ0) is 54.8. The topological polar surface area (TPSA) is 53.2 Å². The Bertz CT molecular complexity index is 4160. The number of nitrogens with two attached hydrogens (primary N) is 1. The fraction of sp³-hybridized carbons (Fsp3) is 0.0217. The van der Waals surface area contributed by atoms with E-state index in [0.717, 1.165) is 16.9 Å². The molecule has 0 unspecified atom stereocenters. The summed E-state index contributed by atoms with van der Waals surface area (Å²) in [6, 6.07) is 9.10. The zero-order valence-electron chi connectivity index (χ0n) is 50.0. The number of nitrogens with zero attached hydrogens (tertiary/aromatic N) is 4. The number of fused-ring (bicyclic) bond motifs is 9. The van der Waals surface area contributed by atoms with Crippen molar-refractivity contribution in [2.24, 2.45) is 10.7 Å². The fourth-order valence-corrected chi connectivity index (χ4v) is 13.8. The molecule has 0 saturated heterocycles. The largest absolute Gasteiger partial charge is 0.369 e. The van der Waals surface area contributed by atoms with E-state index in [-0.39, 0.29) is 0 Å². The average Bonchev–Trinajstić information content (AvgIpc) is 4.08. The first kappa shape index (κ1) is 53.1. The van der Waals surface area contributed by atoms with Crippen LogP contribution in [0.5, 0.6) is 0 Å². The van der Waals surface area contributed by atoms with Gasteiger partial charge in [0.2, 0.25) is 5.96 Å². The summed E-state index contributed by atoms with van der Waals surface area (Å²) < 4.78 is 7.46. The summed E-state index contributed by atoms with van der Waals surface area (Å²) >= 11 is 0. The highest BCUT2D eigenvalue weighted by molar-refractivity contribution is 6.75. The molecular formula is C46H57B24N5. The highest BCUT2D eigenvalue weighted by Crippen LogP contribution is 2.32. The van der Waals surface area contributed by atoms with E-state index in [1.54, 1.807) is 0 Å². The molecule has 338 valence electrons. The van der Waals surface area contributed by atoms with Crippen molar-refractivity contribution in [2.45, 2.75) is 6.42 Å². The quantitative estimate of drug-likeness (QED) is 0.104. The summed E-state index contributed by atoms with van der Waals surface area (Å²) in [5, 5.41) is 7.90. The second-order valence-corrected chi connectivity index (χ2v) is 23.2. The molecule has 7 aromatic carbocycles. The molecule has 2 N–H and O–H groups in total. The van der Waals surface area contributed by atoms with Crippen LogP contribution < -0.4 is 137 Å². The second kappa shape index (κ2) is 18.4. The Hall–Kier alpha value is -5.29. The van der Waals surface area contributed by atoms with Crippen LogP contribution in [0.1, 0.15) is 5.56 Å². The van der Waals surface area contributed by atoms with Crippen LogP contribution in [-0.4, -0.2) is 208 Å². The number of hydrogen-bond acceptors (Lipinski definition) is 1. The lowest BCUT2D eigenvalue weighted by molar-refractivity contribution is 1.09. The number of benzene rings is 7. The van der Waals surface area contributed by atoms with Gasteiger partial charge in [-0.1, -0.05) is 117 Å². The van der Waals surface area contributed by atoms with Gasteiger partial charge in [0, 0.05) is 38.8 Å². The molecule has 0 aliphatic rings. The van der Waals surface area contributed by atoms with Gasteiger partial charge in [0.25, 0.3) is 0 Å². The third-order valence-corrected chi connectivity index (χ3v) is 20.4. The van der Waals surface area contributed by atoms with Crippen molar-refractivity contribution in [1.29, 1.82) is 0 Å². The maximum Gasteiger partial charge on any atom is 0.207 e. The molecule has 0 fully saturated rings. The molecule has 3 heterocycles. The van der Waals surface area contributed by atoms with Crippen molar-refractivity contribution < 1.29 is 0 Å². The Balaban J connectivity index is 1.38. The van der Waals surface area contributed by atoms with Crippen molar-refractivity contribution in [2.75, 3.05) is 0 Å². The second-order valence-electron chi connectivity index (χ2n) is 23.2. The molecule has 10 rings (SSSR count). The predicted molar refractivity (Wildman–Crippen MR) is 411 cm³/mol. The minimum absolute atomic E-state index is 0.466. The lowest BCUT2D eigenvalue weighted by Gasteiger charge is -2.20.